The SMILES string of the molecule is CCNC(=NCc1cc(OC)c(OC)c(OC)c1)NCCNS(=O)(=O)CC. The number of sulfonamides is 1. The van der Waals surface area contributed by atoms with E-state index in [0.717, 1.165) is 5.56 Å². The lowest BCUT2D eigenvalue weighted by Gasteiger charge is -2.14. The van der Waals surface area contributed by atoms with Crippen LogP contribution in [0, 0.1) is 0 Å². The second kappa shape index (κ2) is 11.5. The molecule has 154 valence electrons. The third-order valence-electron chi connectivity index (χ3n) is 3.61. The predicted octanol–water partition coefficient (Wildman–Crippen LogP) is 0.707. The molecule has 0 saturated carbocycles. The van der Waals surface area contributed by atoms with E-state index in [1.54, 1.807) is 28.3 Å². The van der Waals surface area contributed by atoms with Crippen molar-refractivity contribution >= 4 is 16.0 Å². The van der Waals surface area contributed by atoms with Crippen LogP contribution in [0.15, 0.2) is 17.1 Å². The zero-order chi connectivity index (χ0) is 20.3. The number of ether oxygens (including phenoxy) is 3. The quantitative estimate of drug-likeness (QED) is 0.284. The van der Waals surface area contributed by atoms with Crippen molar-refractivity contribution < 1.29 is 22.6 Å². The highest BCUT2D eigenvalue weighted by Crippen LogP contribution is 2.38. The van der Waals surface area contributed by atoms with Gasteiger partial charge in [-0.15, -0.1) is 0 Å². The molecular formula is C17H30N4O5S. The first-order valence-corrected chi connectivity index (χ1v) is 10.3. The van der Waals surface area contributed by atoms with Gasteiger partial charge in [-0.3, -0.25) is 0 Å². The molecule has 27 heavy (non-hydrogen) atoms. The Morgan fingerprint density at radius 1 is 1.00 bits per heavy atom. The second-order valence-corrected chi connectivity index (χ2v) is 7.55. The summed E-state index contributed by atoms with van der Waals surface area (Å²) in [5.74, 6) is 2.30. The van der Waals surface area contributed by atoms with Crippen molar-refractivity contribution in [3.05, 3.63) is 17.7 Å². The summed E-state index contributed by atoms with van der Waals surface area (Å²) in [6.45, 7) is 5.31. The first-order valence-electron chi connectivity index (χ1n) is 8.69. The minimum atomic E-state index is -3.20. The largest absolute Gasteiger partial charge is 0.493 e. The molecule has 1 aromatic rings. The highest BCUT2D eigenvalue weighted by molar-refractivity contribution is 7.89. The average molecular weight is 403 g/mol. The fourth-order valence-electron chi connectivity index (χ4n) is 2.23. The molecule has 9 nitrogen and oxygen atoms in total. The van der Waals surface area contributed by atoms with E-state index in [-0.39, 0.29) is 12.3 Å². The molecule has 0 fully saturated rings. The topological polar surface area (TPSA) is 110 Å². The molecule has 0 aliphatic carbocycles. The van der Waals surface area contributed by atoms with E-state index in [9.17, 15) is 8.42 Å². The number of hydrogen-bond acceptors (Lipinski definition) is 6. The summed E-state index contributed by atoms with van der Waals surface area (Å²) in [5.41, 5.74) is 0.883. The van der Waals surface area contributed by atoms with Gasteiger partial charge in [0.15, 0.2) is 17.5 Å². The van der Waals surface area contributed by atoms with E-state index in [1.165, 1.54) is 0 Å². The van der Waals surface area contributed by atoms with Crippen LogP contribution in [0.25, 0.3) is 0 Å². The van der Waals surface area contributed by atoms with Crippen LogP contribution in [-0.2, 0) is 16.6 Å². The Kier molecular flexibility index (Phi) is 9.73. The summed E-state index contributed by atoms with van der Waals surface area (Å²) < 4.78 is 41.4. The van der Waals surface area contributed by atoms with E-state index in [4.69, 9.17) is 14.2 Å². The van der Waals surface area contributed by atoms with Gasteiger partial charge in [0.1, 0.15) is 0 Å². The molecule has 0 aliphatic heterocycles. The molecule has 10 heteroatoms. The van der Waals surface area contributed by atoms with Crippen LogP contribution in [0.4, 0.5) is 0 Å². The smallest absolute Gasteiger partial charge is 0.211 e. The monoisotopic (exact) mass is 402 g/mol. The molecule has 0 radical (unpaired) electrons. The van der Waals surface area contributed by atoms with E-state index in [0.29, 0.717) is 42.8 Å². The fourth-order valence-corrected chi connectivity index (χ4v) is 2.85. The zero-order valence-electron chi connectivity index (χ0n) is 16.6. The molecule has 3 N–H and O–H groups in total. The standard InChI is InChI=1S/C17H30N4O5S/c1-6-18-17(19-8-9-21-27(22,23)7-2)20-12-13-10-14(24-3)16(26-5)15(11-13)25-4/h10-11,21H,6-9,12H2,1-5H3,(H2,18,19,20). The van der Waals surface area contributed by atoms with Gasteiger partial charge in [0.05, 0.1) is 33.6 Å². The maximum Gasteiger partial charge on any atom is 0.211 e. The van der Waals surface area contributed by atoms with Crippen LogP contribution in [0.1, 0.15) is 19.4 Å². The molecule has 0 atom stereocenters. The Balaban J connectivity index is 2.80. The van der Waals surface area contributed by atoms with Crippen molar-refractivity contribution in [3.8, 4) is 17.2 Å². The summed E-state index contributed by atoms with van der Waals surface area (Å²) in [7, 11) is 1.48. The molecule has 1 rings (SSSR count). The molecule has 0 heterocycles. The maximum atomic E-state index is 11.4. The number of methoxy groups -OCH3 is 3. The van der Waals surface area contributed by atoms with Crippen molar-refractivity contribution in [2.75, 3.05) is 46.7 Å². The normalized spacial score (nSPS) is 11.8. The van der Waals surface area contributed by atoms with Crippen molar-refractivity contribution in [1.82, 2.24) is 15.4 Å². The lowest BCUT2D eigenvalue weighted by molar-refractivity contribution is 0.324. The minimum absolute atomic E-state index is 0.0578. The number of aliphatic imine (C=N–C) groups is 1. The maximum absolute atomic E-state index is 11.4. The van der Waals surface area contributed by atoms with Crippen LogP contribution < -0.4 is 29.6 Å². The van der Waals surface area contributed by atoms with Crippen molar-refractivity contribution in [2.45, 2.75) is 20.4 Å². The number of nitrogens with zero attached hydrogens (tertiary/aromatic N) is 1. The Morgan fingerprint density at radius 3 is 2.11 bits per heavy atom. The number of rotatable bonds is 11. The van der Waals surface area contributed by atoms with Gasteiger partial charge >= 0.3 is 0 Å². The third kappa shape index (κ3) is 7.51. The zero-order valence-corrected chi connectivity index (χ0v) is 17.4. The van der Waals surface area contributed by atoms with Crippen LogP contribution >= 0.6 is 0 Å². The Hall–Kier alpha value is -2.20. The number of nitrogens with one attached hydrogen (secondary N) is 3. The average Bonchev–Trinajstić information content (AvgIpc) is 2.68. The summed E-state index contributed by atoms with van der Waals surface area (Å²) >= 11 is 0. The van der Waals surface area contributed by atoms with Gasteiger partial charge in [-0.1, -0.05) is 0 Å². The Labute approximate surface area is 161 Å². The fraction of sp³-hybridized carbons (Fsp3) is 0.588. The summed E-state index contributed by atoms with van der Waals surface area (Å²) in [5, 5.41) is 6.21. The van der Waals surface area contributed by atoms with Gasteiger partial charge in [0, 0.05) is 19.6 Å². The summed E-state index contributed by atoms with van der Waals surface area (Å²) in [4.78, 5) is 4.51. The molecule has 0 aliphatic rings. The van der Waals surface area contributed by atoms with Gasteiger partial charge in [-0.05, 0) is 31.5 Å². The number of hydrogen-bond donors (Lipinski definition) is 3. The molecular weight excluding hydrogens is 372 g/mol. The Morgan fingerprint density at radius 2 is 1.63 bits per heavy atom. The summed E-state index contributed by atoms with van der Waals surface area (Å²) in [6.07, 6.45) is 0. The van der Waals surface area contributed by atoms with Crippen LogP contribution in [0.2, 0.25) is 0 Å². The lowest BCUT2D eigenvalue weighted by Crippen LogP contribution is -2.41. The Bertz CT molecular complexity index is 697. The first kappa shape index (κ1) is 22.8. The van der Waals surface area contributed by atoms with Gasteiger partial charge in [0.25, 0.3) is 0 Å². The molecule has 0 aromatic heterocycles. The van der Waals surface area contributed by atoms with Gasteiger partial charge in [-0.25, -0.2) is 18.1 Å². The van der Waals surface area contributed by atoms with Crippen LogP contribution in [0.5, 0.6) is 17.2 Å². The first-order chi connectivity index (χ1) is 12.9. The van der Waals surface area contributed by atoms with Gasteiger partial charge < -0.3 is 24.8 Å². The van der Waals surface area contributed by atoms with E-state index < -0.39 is 10.0 Å². The van der Waals surface area contributed by atoms with E-state index >= 15 is 0 Å². The van der Waals surface area contributed by atoms with Crippen molar-refractivity contribution in [2.24, 2.45) is 4.99 Å². The minimum Gasteiger partial charge on any atom is -0.493 e. The van der Waals surface area contributed by atoms with Crippen molar-refractivity contribution in [3.63, 3.8) is 0 Å². The van der Waals surface area contributed by atoms with E-state index in [2.05, 4.69) is 20.3 Å². The van der Waals surface area contributed by atoms with Crippen molar-refractivity contribution in [1.29, 1.82) is 0 Å². The van der Waals surface area contributed by atoms with Crippen LogP contribution in [-0.4, -0.2) is 61.1 Å². The number of benzene rings is 1. The predicted molar refractivity (Wildman–Crippen MR) is 106 cm³/mol. The van der Waals surface area contributed by atoms with Crippen LogP contribution in [0.3, 0.4) is 0 Å². The number of guanidine groups is 1. The highest BCUT2D eigenvalue weighted by Gasteiger charge is 2.13. The molecule has 0 spiro atoms. The molecule has 0 bridgehead atoms. The molecule has 0 unspecified atom stereocenters. The molecule has 0 saturated heterocycles. The lowest BCUT2D eigenvalue weighted by atomic mass is 10.2. The second-order valence-electron chi connectivity index (χ2n) is 5.45. The molecule has 1 aromatic carbocycles. The van der Waals surface area contributed by atoms with E-state index in [1.807, 2.05) is 19.1 Å². The third-order valence-corrected chi connectivity index (χ3v) is 5.01. The summed E-state index contributed by atoms with van der Waals surface area (Å²) in [6, 6.07) is 3.67. The van der Waals surface area contributed by atoms with Gasteiger partial charge in [-0.2, -0.15) is 0 Å². The molecule has 0 amide bonds. The highest BCUT2D eigenvalue weighted by atomic mass is 32.2. The van der Waals surface area contributed by atoms with Gasteiger partial charge in [0.2, 0.25) is 15.8 Å².